The molecule has 218 valence electrons. The van der Waals surface area contributed by atoms with Crippen LogP contribution < -0.4 is 5.32 Å². The highest BCUT2D eigenvalue weighted by molar-refractivity contribution is 7.99. The molecule has 0 bridgehead atoms. The molecule has 0 aliphatic heterocycles. The molecule has 1 unspecified atom stereocenters. The number of aliphatic hydroxyl groups excluding tert-OH is 1. The van der Waals surface area contributed by atoms with Crippen LogP contribution in [0.15, 0.2) is 71.6 Å². The van der Waals surface area contributed by atoms with Crippen molar-refractivity contribution in [2.24, 2.45) is 0 Å². The van der Waals surface area contributed by atoms with E-state index < -0.39 is 36.3 Å². The average Bonchev–Trinajstić information content (AvgIpc) is 3.22. The molecule has 0 aliphatic rings. The molecule has 1 atom stereocenters. The van der Waals surface area contributed by atoms with Crippen LogP contribution in [0.4, 0.5) is 17.6 Å². The monoisotopic (exact) mass is 610 g/mol. The number of hydrogen-bond donors (Lipinski definition) is 4. The highest BCUT2D eigenvalue weighted by atomic mass is 35.5. The fourth-order valence-electron chi connectivity index (χ4n) is 4.60. The standard InChI is InChI=1S/C29H27ClF4N2O4S/c1-2-41-23-8-4-17(5-9-23)25(15-37)35-27(38)19-6-10-26-20(11-19)13-22(36(26)16-28(31,39)40)12-18-3-7-21(30)14-24(18)29(32,33)34/h3-11,13-14,25,37,39-40H,2,12,15-16H2,1H3,(H,35,38). The molecule has 0 spiro atoms. The molecule has 4 N–H and O–H groups in total. The van der Waals surface area contributed by atoms with Gasteiger partial charge in [0, 0.05) is 38.5 Å². The first-order chi connectivity index (χ1) is 19.3. The number of benzene rings is 3. The van der Waals surface area contributed by atoms with Crippen molar-refractivity contribution in [1.82, 2.24) is 9.88 Å². The van der Waals surface area contributed by atoms with Gasteiger partial charge in [0.2, 0.25) is 0 Å². The minimum atomic E-state index is -4.71. The van der Waals surface area contributed by atoms with Crippen LogP contribution in [0.1, 0.15) is 45.7 Å². The Morgan fingerprint density at radius 3 is 2.34 bits per heavy atom. The van der Waals surface area contributed by atoms with Crippen molar-refractivity contribution in [2.45, 2.75) is 43.0 Å². The van der Waals surface area contributed by atoms with E-state index in [-0.39, 0.29) is 40.4 Å². The predicted molar refractivity (Wildman–Crippen MR) is 150 cm³/mol. The lowest BCUT2D eigenvalue weighted by molar-refractivity contribution is -0.266. The predicted octanol–water partition coefficient (Wildman–Crippen LogP) is 6.09. The number of hydrogen-bond acceptors (Lipinski definition) is 5. The molecular weight excluding hydrogens is 584 g/mol. The summed E-state index contributed by atoms with van der Waals surface area (Å²) in [5.74, 6) is 0.380. The van der Waals surface area contributed by atoms with Crippen molar-refractivity contribution in [3.05, 3.63) is 99.7 Å². The Kier molecular flexibility index (Phi) is 9.35. The van der Waals surface area contributed by atoms with E-state index in [0.717, 1.165) is 21.3 Å². The van der Waals surface area contributed by atoms with Gasteiger partial charge >= 0.3 is 12.2 Å². The number of carbonyl (C=O) groups excluding carboxylic acids is 1. The lowest BCUT2D eigenvalue weighted by Crippen LogP contribution is -2.30. The van der Waals surface area contributed by atoms with Gasteiger partial charge in [-0.2, -0.15) is 17.6 Å². The molecule has 0 saturated carbocycles. The van der Waals surface area contributed by atoms with Crippen LogP contribution in [0.5, 0.6) is 0 Å². The number of aromatic nitrogens is 1. The molecule has 0 fully saturated rings. The van der Waals surface area contributed by atoms with Crippen LogP contribution in [0.2, 0.25) is 5.02 Å². The van der Waals surface area contributed by atoms with Gasteiger partial charge in [0.15, 0.2) is 0 Å². The normalized spacial score (nSPS) is 13.0. The molecule has 12 heteroatoms. The van der Waals surface area contributed by atoms with E-state index in [2.05, 4.69) is 5.32 Å². The van der Waals surface area contributed by atoms with E-state index in [0.29, 0.717) is 10.9 Å². The number of fused-ring (bicyclic) bond motifs is 1. The highest BCUT2D eigenvalue weighted by Gasteiger charge is 2.34. The first kappa shape index (κ1) is 30.9. The molecule has 6 nitrogen and oxygen atoms in total. The van der Waals surface area contributed by atoms with Gasteiger partial charge in [-0.05, 0) is 65.4 Å². The summed E-state index contributed by atoms with van der Waals surface area (Å²) in [4.78, 5) is 14.1. The molecule has 1 heterocycles. The van der Waals surface area contributed by atoms with Crippen molar-refractivity contribution >= 4 is 40.2 Å². The number of aliphatic hydroxyl groups is 3. The Labute approximate surface area is 242 Å². The number of nitrogens with zero attached hydrogens (tertiary/aromatic N) is 1. The molecule has 4 rings (SSSR count). The van der Waals surface area contributed by atoms with E-state index >= 15 is 0 Å². The van der Waals surface area contributed by atoms with Gasteiger partial charge < -0.3 is 25.2 Å². The molecule has 0 radical (unpaired) electrons. The number of nitrogens with one attached hydrogen (secondary N) is 1. The van der Waals surface area contributed by atoms with Gasteiger partial charge in [-0.15, -0.1) is 11.8 Å². The van der Waals surface area contributed by atoms with Gasteiger partial charge in [0.25, 0.3) is 5.91 Å². The molecule has 0 saturated heterocycles. The number of rotatable bonds is 10. The summed E-state index contributed by atoms with van der Waals surface area (Å²) in [5, 5.41) is 31.9. The topological polar surface area (TPSA) is 94.7 Å². The Morgan fingerprint density at radius 1 is 1.02 bits per heavy atom. The largest absolute Gasteiger partial charge is 0.416 e. The fourth-order valence-corrected chi connectivity index (χ4v) is 5.44. The summed E-state index contributed by atoms with van der Waals surface area (Å²) in [6.45, 7) is 0.691. The fraction of sp³-hybridized carbons (Fsp3) is 0.276. The summed E-state index contributed by atoms with van der Waals surface area (Å²) in [7, 11) is 0. The average molecular weight is 611 g/mol. The Balaban J connectivity index is 1.67. The molecule has 0 aliphatic carbocycles. The third-order valence-electron chi connectivity index (χ3n) is 6.44. The summed E-state index contributed by atoms with van der Waals surface area (Å²) in [6.07, 6.45) is -5.05. The van der Waals surface area contributed by atoms with Crippen LogP contribution >= 0.6 is 23.4 Å². The molecule has 1 aromatic heterocycles. The van der Waals surface area contributed by atoms with Gasteiger partial charge in [-0.3, -0.25) is 4.79 Å². The molecule has 3 aromatic carbocycles. The van der Waals surface area contributed by atoms with Crippen LogP contribution in [0, 0.1) is 0 Å². The Morgan fingerprint density at radius 2 is 1.73 bits per heavy atom. The maximum absolute atomic E-state index is 13.9. The lowest BCUT2D eigenvalue weighted by Gasteiger charge is -2.18. The lowest BCUT2D eigenvalue weighted by atomic mass is 10.0. The van der Waals surface area contributed by atoms with Crippen molar-refractivity contribution in [2.75, 3.05) is 12.4 Å². The second-order valence-electron chi connectivity index (χ2n) is 9.40. The van der Waals surface area contributed by atoms with Gasteiger partial charge in [-0.1, -0.05) is 36.7 Å². The first-order valence-corrected chi connectivity index (χ1v) is 13.9. The Hall–Kier alpha value is -3.09. The van der Waals surface area contributed by atoms with Crippen LogP contribution in [-0.2, 0) is 19.1 Å². The minimum absolute atomic E-state index is 0.109. The van der Waals surface area contributed by atoms with Crippen LogP contribution in [0.3, 0.4) is 0 Å². The van der Waals surface area contributed by atoms with Crippen LogP contribution in [0.25, 0.3) is 10.9 Å². The van der Waals surface area contributed by atoms with Gasteiger partial charge in [-0.25, -0.2) is 0 Å². The first-order valence-electron chi connectivity index (χ1n) is 12.5. The summed E-state index contributed by atoms with van der Waals surface area (Å²) in [5.41, 5.74) is 0.168. The molecule has 41 heavy (non-hydrogen) atoms. The van der Waals surface area contributed by atoms with E-state index in [9.17, 15) is 37.7 Å². The highest BCUT2D eigenvalue weighted by Crippen LogP contribution is 2.36. The maximum Gasteiger partial charge on any atom is 0.416 e. The smallest absolute Gasteiger partial charge is 0.394 e. The van der Waals surface area contributed by atoms with Crippen LogP contribution in [-0.4, -0.2) is 44.2 Å². The van der Waals surface area contributed by atoms with Crippen molar-refractivity contribution < 1.29 is 37.7 Å². The zero-order valence-corrected chi connectivity index (χ0v) is 23.3. The van der Waals surface area contributed by atoms with E-state index in [4.69, 9.17) is 11.6 Å². The van der Waals surface area contributed by atoms with Crippen molar-refractivity contribution in [1.29, 1.82) is 0 Å². The second-order valence-corrected chi connectivity index (χ2v) is 11.2. The molecular formula is C29H27ClF4N2O4S. The van der Waals surface area contributed by atoms with Crippen molar-refractivity contribution in [3.63, 3.8) is 0 Å². The number of thioether (sulfide) groups is 1. The third-order valence-corrected chi connectivity index (χ3v) is 7.57. The number of carbonyl (C=O) groups is 1. The number of alkyl halides is 4. The zero-order valence-electron chi connectivity index (χ0n) is 21.8. The van der Waals surface area contributed by atoms with E-state index in [1.165, 1.54) is 36.4 Å². The third kappa shape index (κ3) is 7.60. The number of amides is 1. The number of halogens is 5. The van der Waals surface area contributed by atoms with Gasteiger partial charge in [0.05, 0.1) is 18.2 Å². The van der Waals surface area contributed by atoms with Gasteiger partial charge in [0.1, 0.15) is 6.54 Å². The second kappa shape index (κ2) is 12.4. The minimum Gasteiger partial charge on any atom is -0.394 e. The quantitative estimate of drug-likeness (QED) is 0.0991. The van der Waals surface area contributed by atoms with E-state index in [1.54, 1.807) is 11.8 Å². The molecule has 4 aromatic rings. The van der Waals surface area contributed by atoms with E-state index in [1.807, 2.05) is 31.2 Å². The maximum atomic E-state index is 13.9. The summed E-state index contributed by atoms with van der Waals surface area (Å²) in [6, 6.07) is 12.1. The SMILES string of the molecule is CCSc1ccc(C(CO)NC(=O)c2ccc3c(c2)cc(Cc2ccc(Cl)cc2C(F)(F)F)n3CC(O)(O)F)cc1. The zero-order chi connectivity index (χ0) is 29.9. The summed E-state index contributed by atoms with van der Waals surface area (Å²) >= 11 is 7.44. The molecule has 1 amide bonds. The Bertz CT molecular complexity index is 1540. The van der Waals surface area contributed by atoms with Crippen molar-refractivity contribution in [3.8, 4) is 0 Å². The summed E-state index contributed by atoms with van der Waals surface area (Å²) < 4.78 is 56.2.